The molecule has 0 saturated carbocycles. The van der Waals surface area contributed by atoms with Crippen LogP contribution in [0.2, 0.25) is 0 Å². The number of hydrazine groups is 1. The first-order chi connectivity index (χ1) is 7.00. The van der Waals surface area contributed by atoms with Crippen molar-refractivity contribution >= 4 is 75.9 Å². The molecule has 14 nitrogen and oxygen atoms in total. The summed E-state index contributed by atoms with van der Waals surface area (Å²) in [5, 5.41) is 0. The van der Waals surface area contributed by atoms with E-state index in [-0.39, 0.29) is 96.0 Å². The Bertz CT molecular complexity index is 358. The maximum absolute atomic E-state index is 8.52. The molecule has 4 N–H and O–H groups in total. The van der Waals surface area contributed by atoms with Crippen LogP contribution in [0, 0.1) is 0 Å². The first-order valence-electron chi connectivity index (χ1n) is 2.33. The Hall–Kier alpha value is 2.62. The molecule has 0 amide bonds. The molecule has 20 heteroatoms. The molecule has 0 saturated heterocycles. The second-order valence-corrected chi connectivity index (χ2v) is 3.67. The summed E-state index contributed by atoms with van der Waals surface area (Å²) in [7, 11) is -15.5. The normalized spacial score (nSPS) is 9.00. The van der Waals surface area contributed by atoms with Crippen LogP contribution >= 0.6 is 0 Å². The minimum Gasteiger partial charge on any atom is -0.759 e. The van der Waals surface area contributed by atoms with Gasteiger partial charge in [-0.15, -0.1) is 0 Å². The summed E-state index contributed by atoms with van der Waals surface area (Å²) in [6.07, 6.45) is 0. The minimum atomic E-state index is -5.17. The van der Waals surface area contributed by atoms with Crippen molar-refractivity contribution < 1.29 is 104 Å². The third-order valence-electron chi connectivity index (χ3n) is 0. The molecule has 0 bridgehead atoms. The van der Waals surface area contributed by atoms with E-state index in [0.29, 0.717) is 0 Å². The van der Waals surface area contributed by atoms with E-state index in [0.717, 1.165) is 0 Å². The van der Waals surface area contributed by atoms with Gasteiger partial charge in [-0.1, -0.05) is 0 Å². The molecular weight excluding hydrogens is 589 g/mol. The van der Waals surface area contributed by atoms with E-state index in [4.69, 9.17) is 52.6 Å². The van der Waals surface area contributed by atoms with Crippen molar-refractivity contribution in [3.63, 3.8) is 0 Å². The maximum atomic E-state index is 8.52. The topological polar surface area (TPSA) is 293 Å². The maximum Gasteiger partial charge on any atom is 3.00 e. The zero-order valence-corrected chi connectivity index (χ0v) is 20.0. The number of hydrogen-bond acceptors (Lipinski definition) is 14. The first kappa shape index (κ1) is 43.3. The molecular formula is H4AlKN2O12PbS3. The number of nitrogens with two attached hydrogens (primary N) is 2. The second kappa shape index (κ2) is 21.6. The van der Waals surface area contributed by atoms with Crippen LogP contribution in [0.5, 0.6) is 0 Å². The summed E-state index contributed by atoms with van der Waals surface area (Å²) < 4.78 is 102. The quantitative estimate of drug-likeness (QED) is 0.0867. The van der Waals surface area contributed by atoms with Gasteiger partial charge in [0.15, 0.2) is 0 Å². The first-order valence-corrected chi connectivity index (χ1v) is 6.33. The molecule has 0 rings (SSSR count). The van der Waals surface area contributed by atoms with Crippen LogP contribution < -0.4 is 63.1 Å². The Kier molecular flexibility index (Phi) is 46.8. The van der Waals surface area contributed by atoms with Gasteiger partial charge >= 0.3 is 96.0 Å². The van der Waals surface area contributed by atoms with Crippen molar-refractivity contribution in [3.05, 3.63) is 0 Å². The van der Waals surface area contributed by atoms with Crippen molar-refractivity contribution in [3.8, 4) is 0 Å². The van der Waals surface area contributed by atoms with Crippen LogP contribution in [0.4, 0.5) is 0 Å². The van der Waals surface area contributed by atoms with E-state index < -0.39 is 31.2 Å². The fourth-order valence-corrected chi connectivity index (χ4v) is 0. The van der Waals surface area contributed by atoms with E-state index >= 15 is 0 Å². The van der Waals surface area contributed by atoms with Gasteiger partial charge in [0, 0.05) is 31.2 Å². The van der Waals surface area contributed by atoms with Gasteiger partial charge < -0.3 is 27.3 Å². The molecule has 2 radical (unpaired) electrons. The SMILES string of the molecule is NN.O=S(=O)([O-])[O-].O=S(=O)([O-])[O-].O=S(=O)([O-])[O-].[Al+3].[K+].[Pb+2]. The van der Waals surface area contributed by atoms with Crippen molar-refractivity contribution in [2.45, 2.75) is 0 Å². The monoisotopic (exact) mass is 594 g/mol. The predicted molar refractivity (Wildman–Crippen MR) is 51.3 cm³/mol. The van der Waals surface area contributed by atoms with Crippen LogP contribution in [-0.4, -0.2) is 97.2 Å². The van der Waals surface area contributed by atoms with E-state index in [1.54, 1.807) is 0 Å². The number of hydrogen-bond donors (Lipinski definition) is 2. The second-order valence-electron chi connectivity index (χ2n) is 1.22. The summed E-state index contributed by atoms with van der Waals surface area (Å²) in [5.74, 6) is 8.00. The molecule has 0 unspecified atom stereocenters. The Balaban J connectivity index is -0.0000000222. The molecule has 0 aliphatic rings. The molecule has 0 spiro atoms. The van der Waals surface area contributed by atoms with Gasteiger partial charge in [-0.3, -0.25) is 36.9 Å². The van der Waals surface area contributed by atoms with Crippen LogP contribution in [-0.2, 0) is 31.2 Å². The Morgan fingerprint density at radius 1 is 0.550 bits per heavy atom. The summed E-state index contributed by atoms with van der Waals surface area (Å²) in [6.45, 7) is 0. The third-order valence-corrected chi connectivity index (χ3v) is 0. The van der Waals surface area contributed by atoms with E-state index in [9.17, 15) is 0 Å². The van der Waals surface area contributed by atoms with Gasteiger partial charge in [-0.25, -0.2) is 0 Å². The molecule has 0 aromatic carbocycles. The van der Waals surface area contributed by atoms with Crippen molar-refractivity contribution in [1.29, 1.82) is 0 Å². The number of rotatable bonds is 0. The largest absolute Gasteiger partial charge is 3.00 e. The van der Waals surface area contributed by atoms with Gasteiger partial charge in [0.2, 0.25) is 0 Å². The van der Waals surface area contributed by atoms with Gasteiger partial charge in [0.25, 0.3) is 0 Å². The Labute approximate surface area is 188 Å². The summed E-state index contributed by atoms with van der Waals surface area (Å²) in [5.41, 5.74) is 0. The van der Waals surface area contributed by atoms with Crippen LogP contribution in [0.1, 0.15) is 0 Å². The fraction of sp³-hybridized carbons (Fsp3) is 0. The average molecular weight is 594 g/mol. The predicted octanol–water partition coefficient (Wildman–Crippen LogP) is -8.95. The van der Waals surface area contributed by atoms with Gasteiger partial charge in [0.05, 0.1) is 0 Å². The van der Waals surface area contributed by atoms with Crippen molar-refractivity contribution in [2.75, 3.05) is 0 Å². The molecule has 112 valence electrons. The van der Waals surface area contributed by atoms with Gasteiger partial charge in [-0.05, 0) is 0 Å². The van der Waals surface area contributed by atoms with E-state index in [2.05, 4.69) is 11.7 Å². The third kappa shape index (κ3) is 1160. The summed E-state index contributed by atoms with van der Waals surface area (Å²) in [4.78, 5) is 0. The van der Waals surface area contributed by atoms with Gasteiger partial charge in [0.1, 0.15) is 0 Å². The minimum absolute atomic E-state index is 0. The van der Waals surface area contributed by atoms with E-state index in [1.807, 2.05) is 0 Å². The molecule has 0 atom stereocenters. The van der Waals surface area contributed by atoms with Crippen LogP contribution in [0.3, 0.4) is 0 Å². The molecule has 0 aromatic rings. The van der Waals surface area contributed by atoms with Crippen molar-refractivity contribution in [1.82, 2.24) is 0 Å². The molecule has 0 aromatic heterocycles. The fourth-order valence-electron chi connectivity index (χ4n) is 0. The molecule has 20 heavy (non-hydrogen) atoms. The average Bonchev–Trinajstić information content (AvgIpc) is 1.77. The standard InChI is InChI=1S/Al.K.H4N2.3H2O4S.Pb/c;;1-2;3*1-5(2,3)4;/h;;1-2H2;3*(H2,1,2,3,4);/q+3;+1;;;;;+2/p-6. The molecule has 0 aliphatic heterocycles. The molecule has 0 fully saturated rings. The summed E-state index contributed by atoms with van der Waals surface area (Å²) >= 11 is 0. The van der Waals surface area contributed by atoms with Crippen LogP contribution in [0.15, 0.2) is 0 Å². The Morgan fingerprint density at radius 3 is 0.550 bits per heavy atom. The molecule has 0 aliphatic carbocycles. The summed E-state index contributed by atoms with van der Waals surface area (Å²) in [6, 6.07) is 0. The molecule has 0 heterocycles. The van der Waals surface area contributed by atoms with Crippen molar-refractivity contribution in [2.24, 2.45) is 11.7 Å². The Morgan fingerprint density at radius 2 is 0.550 bits per heavy atom. The zero-order valence-electron chi connectivity index (χ0n) is 9.36. The van der Waals surface area contributed by atoms with Gasteiger partial charge in [-0.2, -0.15) is 0 Å². The van der Waals surface area contributed by atoms with Crippen LogP contribution in [0.25, 0.3) is 0 Å². The zero-order chi connectivity index (χ0) is 15.5. The smallest absolute Gasteiger partial charge is 0.759 e. The van der Waals surface area contributed by atoms with E-state index in [1.165, 1.54) is 0 Å².